The van der Waals surface area contributed by atoms with E-state index in [1.807, 2.05) is 0 Å². The van der Waals surface area contributed by atoms with Crippen LogP contribution in [0.4, 0.5) is 17.6 Å². The number of carbonyl (C=O) groups is 1. The van der Waals surface area contributed by atoms with Gasteiger partial charge in [-0.25, -0.2) is 8.78 Å². The monoisotopic (exact) mass is 304 g/mol. The fourth-order valence-electron chi connectivity index (χ4n) is 0.877. The molecule has 0 aliphatic rings. The summed E-state index contributed by atoms with van der Waals surface area (Å²) in [6.07, 6.45) is 0. The molecule has 0 spiro atoms. The van der Waals surface area contributed by atoms with Crippen LogP contribution in [-0.4, -0.2) is 11.2 Å². The van der Waals surface area contributed by atoms with E-state index in [0.29, 0.717) is 6.07 Å². The van der Waals surface area contributed by atoms with Crippen LogP contribution in [0.1, 0.15) is 10.4 Å². The third-order valence-corrected chi connectivity index (χ3v) is 2.31. The van der Waals surface area contributed by atoms with Crippen LogP contribution in [0.25, 0.3) is 0 Å². The van der Waals surface area contributed by atoms with Crippen LogP contribution in [0.2, 0.25) is 0 Å². The lowest BCUT2D eigenvalue weighted by molar-refractivity contribution is 0.0526. The highest BCUT2D eigenvalue weighted by molar-refractivity contribution is 9.10. The van der Waals surface area contributed by atoms with E-state index in [9.17, 15) is 22.4 Å². The Hall–Kier alpha value is -0.620. The summed E-state index contributed by atoms with van der Waals surface area (Å²) in [5, 5.41) is -4.33. The van der Waals surface area contributed by atoms with E-state index < -0.39 is 28.4 Å². The number of carbonyl (C=O) groups excluding carboxylic acids is 1. The lowest BCUT2D eigenvalue weighted by atomic mass is 10.1. The summed E-state index contributed by atoms with van der Waals surface area (Å²) in [6, 6.07) is 1.64. The summed E-state index contributed by atoms with van der Waals surface area (Å²) in [5.41, 5.74) is -1.36. The van der Waals surface area contributed by atoms with Crippen molar-refractivity contribution in [2.45, 2.75) is 5.38 Å². The highest BCUT2D eigenvalue weighted by Gasteiger charge is 2.40. The number of hydrogen-bond acceptors (Lipinski definition) is 1. The topological polar surface area (TPSA) is 17.1 Å². The van der Waals surface area contributed by atoms with Gasteiger partial charge in [-0.15, -0.1) is 0 Å². The normalized spacial score (nSPS) is 11.6. The van der Waals surface area contributed by atoms with Gasteiger partial charge in [-0.1, -0.05) is 0 Å². The zero-order valence-electron chi connectivity index (χ0n) is 6.83. The third kappa shape index (κ3) is 2.49. The number of alkyl halides is 3. The second kappa shape index (κ2) is 4.09. The van der Waals surface area contributed by atoms with Crippen molar-refractivity contribution in [2.24, 2.45) is 0 Å². The average Bonchev–Trinajstić information content (AvgIpc) is 2.10. The van der Waals surface area contributed by atoms with Gasteiger partial charge in [0.1, 0.15) is 5.82 Å². The van der Waals surface area contributed by atoms with Crippen molar-refractivity contribution >= 4 is 33.3 Å². The molecule has 7 heteroatoms. The van der Waals surface area contributed by atoms with E-state index in [1.54, 1.807) is 0 Å². The lowest BCUT2D eigenvalue weighted by Gasteiger charge is -2.09. The Bertz CT molecular complexity index is 416. The van der Waals surface area contributed by atoms with Crippen LogP contribution < -0.4 is 0 Å². The lowest BCUT2D eigenvalue weighted by Crippen LogP contribution is -2.24. The molecule has 0 fully saturated rings. The highest BCUT2D eigenvalue weighted by Crippen LogP contribution is 2.29. The van der Waals surface area contributed by atoms with E-state index >= 15 is 0 Å². The van der Waals surface area contributed by atoms with Crippen LogP contribution in [0, 0.1) is 11.6 Å². The Kier molecular flexibility index (Phi) is 3.40. The first-order valence-corrected chi connectivity index (χ1v) is 4.67. The first kappa shape index (κ1) is 12.4. The van der Waals surface area contributed by atoms with Gasteiger partial charge < -0.3 is 0 Å². The van der Waals surface area contributed by atoms with Gasteiger partial charge in [0.15, 0.2) is 5.82 Å². The van der Waals surface area contributed by atoms with Crippen LogP contribution >= 0.6 is 27.5 Å². The molecular weight excluding hydrogens is 303 g/mol. The number of rotatable bonds is 2. The molecule has 1 aromatic carbocycles. The van der Waals surface area contributed by atoms with E-state index in [0.717, 1.165) is 6.07 Å². The van der Waals surface area contributed by atoms with Crippen LogP contribution in [0.3, 0.4) is 0 Å². The second-order valence-electron chi connectivity index (χ2n) is 2.55. The molecule has 1 aromatic rings. The molecule has 0 unspecified atom stereocenters. The molecule has 0 saturated heterocycles. The van der Waals surface area contributed by atoms with Crippen LogP contribution in [0.5, 0.6) is 0 Å². The zero-order valence-corrected chi connectivity index (χ0v) is 9.17. The second-order valence-corrected chi connectivity index (χ2v) is 3.87. The minimum atomic E-state index is -4.33. The summed E-state index contributed by atoms with van der Waals surface area (Å²) in [5.74, 6) is -4.90. The molecule has 82 valence electrons. The predicted octanol–water partition coefficient (Wildman–Crippen LogP) is 3.74. The molecule has 0 radical (unpaired) electrons. The van der Waals surface area contributed by atoms with Gasteiger partial charge >= 0.3 is 5.38 Å². The van der Waals surface area contributed by atoms with E-state index in [2.05, 4.69) is 27.5 Å². The zero-order chi connectivity index (χ0) is 11.8. The SMILES string of the molecule is O=C(c1c(F)ccc(Br)c1F)C(F)(F)Cl. The van der Waals surface area contributed by atoms with Crippen LogP contribution in [0.15, 0.2) is 16.6 Å². The van der Waals surface area contributed by atoms with E-state index in [-0.39, 0.29) is 4.47 Å². The van der Waals surface area contributed by atoms with Crippen molar-refractivity contribution < 1.29 is 22.4 Å². The summed E-state index contributed by atoms with van der Waals surface area (Å²) in [7, 11) is 0. The molecule has 0 heterocycles. The summed E-state index contributed by atoms with van der Waals surface area (Å²) >= 11 is 7.02. The van der Waals surface area contributed by atoms with Gasteiger partial charge in [-0.2, -0.15) is 8.78 Å². The number of halogens is 6. The number of ketones is 1. The van der Waals surface area contributed by atoms with Crippen molar-refractivity contribution in [3.05, 3.63) is 33.8 Å². The predicted molar refractivity (Wildman–Crippen MR) is 49.2 cm³/mol. The summed E-state index contributed by atoms with van der Waals surface area (Å²) in [4.78, 5) is 10.9. The van der Waals surface area contributed by atoms with Gasteiger partial charge in [-0.3, -0.25) is 4.79 Å². The Morgan fingerprint density at radius 2 is 1.87 bits per heavy atom. The van der Waals surface area contributed by atoms with Crippen molar-refractivity contribution in [3.63, 3.8) is 0 Å². The fourth-order valence-corrected chi connectivity index (χ4v) is 1.30. The Morgan fingerprint density at radius 1 is 1.33 bits per heavy atom. The Morgan fingerprint density at radius 3 is 2.33 bits per heavy atom. The minimum absolute atomic E-state index is 0.298. The molecule has 0 atom stereocenters. The van der Waals surface area contributed by atoms with Gasteiger partial charge in [0.05, 0.1) is 10.0 Å². The maximum Gasteiger partial charge on any atom is 0.385 e. The molecule has 1 nitrogen and oxygen atoms in total. The van der Waals surface area contributed by atoms with Crippen molar-refractivity contribution in [1.29, 1.82) is 0 Å². The quantitative estimate of drug-likeness (QED) is 0.352. The van der Waals surface area contributed by atoms with Crippen LogP contribution in [-0.2, 0) is 0 Å². The van der Waals surface area contributed by atoms with Crippen molar-refractivity contribution in [3.8, 4) is 0 Å². The van der Waals surface area contributed by atoms with Gasteiger partial charge in [0.2, 0.25) is 0 Å². The molecule has 0 saturated carbocycles. The molecule has 1 rings (SSSR count). The third-order valence-electron chi connectivity index (χ3n) is 1.53. The molecule has 0 aliphatic heterocycles. The first-order valence-electron chi connectivity index (χ1n) is 3.50. The largest absolute Gasteiger partial charge is 0.385 e. The molecule has 0 aromatic heterocycles. The summed E-state index contributed by atoms with van der Waals surface area (Å²) in [6.45, 7) is 0. The summed E-state index contributed by atoms with van der Waals surface area (Å²) < 4.78 is 50.5. The van der Waals surface area contributed by atoms with E-state index in [4.69, 9.17) is 0 Å². The number of hydrogen-bond donors (Lipinski definition) is 0. The number of Topliss-reactive ketones (excluding diaryl/α,β-unsaturated/α-hetero) is 1. The Labute approximate surface area is 95.2 Å². The molecule has 0 bridgehead atoms. The Balaban J connectivity index is 3.38. The molecular formula is C8H2BrClF4O. The average molecular weight is 305 g/mol. The smallest absolute Gasteiger partial charge is 0.286 e. The first-order chi connectivity index (χ1) is 6.75. The standard InChI is InChI=1S/C8H2BrClF4O/c9-3-1-2-4(11)5(6(3)12)7(15)8(10,13)14/h1-2H. The molecule has 15 heavy (non-hydrogen) atoms. The highest BCUT2D eigenvalue weighted by atomic mass is 79.9. The molecule has 0 N–H and O–H groups in total. The fraction of sp³-hybridized carbons (Fsp3) is 0.125. The van der Waals surface area contributed by atoms with Crippen molar-refractivity contribution in [2.75, 3.05) is 0 Å². The molecule has 0 amide bonds. The maximum absolute atomic E-state index is 13.1. The van der Waals surface area contributed by atoms with Gasteiger partial charge in [0, 0.05) is 0 Å². The molecule has 0 aliphatic carbocycles. The van der Waals surface area contributed by atoms with Gasteiger partial charge in [0.25, 0.3) is 5.78 Å². The minimum Gasteiger partial charge on any atom is -0.286 e. The van der Waals surface area contributed by atoms with Crippen molar-refractivity contribution in [1.82, 2.24) is 0 Å². The number of benzene rings is 1. The maximum atomic E-state index is 13.1. The van der Waals surface area contributed by atoms with Gasteiger partial charge in [-0.05, 0) is 39.7 Å². The van der Waals surface area contributed by atoms with E-state index in [1.165, 1.54) is 0 Å².